The van der Waals surface area contributed by atoms with Gasteiger partial charge in [-0.25, -0.2) is 9.97 Å². The molecule has 1 N–H and O–H groups in total. The van der Waals surface area contributed by atoms with Crippen LogP contribution in [-0.2, 0) is 4.74 Å². The van der Waals surface area contributed by atoms with Crippen molar-refractivity contribution in [1.82, 2.24) is 19.9 Å². The second kappa shape index (κ2) is 6.43. The second-order valence-electron chi connectivity index (χ2n) is 6.32. The Bertz CT molecular complexity index is 698. The molecular formula is C17H21N5O2. The molecule has 7 heteroatoms. The van der Waals surface area contributed by atoms with E-state index in [1.54, 1.807) is 6.33 Å². The van der Waals surface area contributed by atoms with Crippen LogP contribution in [0, 0.1) is 0 Å². The molecule has 2 aliphatic heterocycles. The number of benzene rings is 1. The van der Waals surface area contributed by atoms with Gasteiger partial charge in [-0.15, -0.1) is 0 Å². The number of morpholine rings is 1. The normalized spacial score (nSPS) is 24.6. The zero-order valence-corrected chi connectivity index (χ0v) is 13.5. The summed E-state index contributed by atoms with van der Waals surface area (Å²) in [6.45, 7) is 4.56. The summed E-state index contributed by atoms with van der Waals surface area (Å²) in [6, 6.07) is 9.89. The first kappa shape index (κ1) is 15.4. The minimum atomic E-state index is -0.365. The third kappa shape index (κ3) is 2.75. The van der Waals surface area contributed by atoms with Crippen molar-refractivity contribution in [2.75, 3.05) is 50.9 Å². The summed E-state index contributed by atoms with van der Waals surface area (Å²) in [7, 11) is 0. The van der Waals surface area contributed by atoms with Crippen molar-refractivity contribution >= 4 is 5.95 Å². The van der Waals surface area contributed by atoms with Gasteiger partial charge in [0.15, 0.2) is 5.82 Å². The quantitative estimate of drug-likeness (QED) is 0.876. The van der Waals surface area contributed by atoms with E-state index in [0.717, 1.165) is 31.8 Å². The van der Waals surface area contributed by atoms with Gasteiger partial charge < -0.3 is 14.7 Å². The number of nitrogens with zero attached hydrogens (tertiary/aromatic N) is 5. The first-order chi connectivity index (χ1) is 11.8. The van der Waals surface area contributed by atoms with Gasteiger partial charge in [0.25, 0.3) is 0 Å². The molecule has 126 valence electrons. The number of ether oxygens (including phenoxy) is 1. The van der Waals surface area contributed by atoms with Crippen LogP contribution in [0.4, 0.5) is 5.95 Å². The van der Waals surface area contributed by atoms with Crippen molar-refractivity contribution < 1.29 is 9.84 Å². The van der Waals surface area contributed by atoms with Crippen LogP contribution in [0.3, 0.4) is 0 Å². The van der Waals surface area contributed by atoms with Crippen molar-refractivity contribution in [2.24, 2.45) is 0 Å². The Morgan fingerprint density at radius 1 is 1.12 bits per heavy atom. The van der Waals surface area contributed by atoms with Gasteiger partial charge in [-0.1, -0.05) is 30.3 Å². The molecule has 0 saturated carbocycles. The van der Waals surface area contributed by atoms with E-state index in [4.69, 9.17) is 4.74 Å². The molecule has 0 bridgehead atoms. The minimum Gasteiger partial charge on any atom is -0.394 e. The summed E-state index contributed by atoms with van der Waals surface area (Å²) < 4.78 is 5.63. The molecule has 1 unspecified atom stereocenters. The van der Waals surface area contributed by atoms with Crippen LogP contribution in [0.2, 0.25) is 0 Å². The molecule has 24 heavy (non-hydrogen) atoms. The molecular weight excluding hydrogens is 306 g/mol. The predicted molar refractivity (Wildman–Crippen MR) is 89.7 cm³/mol. The Kier molecular flexibility index (Phi) is 4.13. The fourth-order valence-electron chi connectivity index (χ4n) is 3.47. The van der Waals surface area contributed by atoms with Crippen LogP contribution in [0.25, 0.3) is 11.4 Å². The Labute approximate surface area is 140 Å². The SMILES string of the molecule is OCC12COCCN1CCN(c1ncnc(-c3ccccc3)n1)C2. The van der Waals surface area contributed by atoms with E-state index in [1.165, 1.54) is 0 Å². The Morgan fingerprint density at radius 3 is 2.83 bits per heavy atom. The van der Waals surface area contributed by atoms with Gasteiger partial charge in [0, 0.05) is 31.7 Å². The highest BCUT2D eigenvalue weighted by Crippen LogP contribution is 2.27. The summed E-state index contributed by atoms with van der Waals surface area (Å²) in [5.74, 6) is 1.32. The van der Waals surface area contributed by atoms with Gasteiger partial charge in [0.1, 0.15) is 6.33 Å². The number of hydrogen-bond acceptors (Lipinski definition) is 7. The molecule has 2 saturated heterocycles. The summed E-state index contributed by atoms with van der Waals surface area (Å²) in [5, 5.41) is 9.97. The van der Waals surface area contributed by atoms with Crippen LogP contribution in [0.1, 0.15) is 0 Å². The smallest absolute Gasteiger partial charge is 0.228 e. The van der Waals surface area contributed by atoms with E-state index in [1.807, 2.05) is 30.3 Å². The van der Waals surface area contributed by atoms with Crippen LogP contribution in [0.5, 0.6) is 0 Å². The molecule has 1 atom stereocenters. The number of aliphatic hydroxyl groups is 1. The first-order valence-electron chi connectivity index (χ1n) is 8.24. The third-order valence-electron chi connectivity index (χ3n) is 4.84. The molecule has 0 radical (unpaired) electrons. The number of rotatable bonds is 3. The van der Waals surface area contributed by atoms with Gasteiger partial charge in [-0.05, 0) is 0 Å². The molecule has 3 heterocycles. The number of aliphatic hydroxyl groups excluding tert-OH is 1. The Morgan fingerprint density at radius 2 is 2.00 bits per heavy atom. The minimum absolute atomic E-state index is 0.0696. The van der Waals surface area contributed by atoms with Gasteiger partial charge in [-0.2, -0.15) is 4.98 Å². The Hall–Kier alpha value is -2.09. The number of aromatic nitrogens is 3. The zero-order chi connectivity index (χ0) is 16.4. The lowest BCUT2D eigenvalue weighted by Gasteiger charge is -2.52. The lowest BCUT2D eigenvalue weighted by atomic mass is 9.94. The maximum Gasteiger partial charge on any atom is 0.228 e. The maximum absolute atomic E-state index is 9.97. The number of hydrogen-bond donors (Lipinski definition) is 1. The van der Waals surface area contributed by atoms with Gasteiger partial charge in [0.05, 0.1) is 25.4 Å². The molecule has 2 aromatic rings. The second-order valence-corrected chi connectivity index (χ2v) is 6.32. The van der Waals surface area contributed by atoms with Crippen LogP contribution in [0.15, 0.2) is 36.7 Å². The first-order valence-corrected chi connectivity index (χ1v) is 8.24. The molecule has 1 aromatic heterocycles. The predicted octanol–water partition coefficient (Wildman–Crippen LogP) is 0.422. The monoisotopic (exact) mass is 327 g/mol. The summed E-state index contributed by atoms with van der Waals surface area (Å²) in [6.07, 6.45) is 1.56. The highest BCUT2D eigenvalue weighted by Gasteiger charge is 2.44. The third-order valence-corrected chi connectivity index (χ3v) is 4.84. The van der Waals surface area contributed by atoms with E-state index in [9.17, 15) is 5.11 Å². The summed E-state index contributed by atoms with van der Waals surface area (Å²) in [5.41, 5.74) is 0.605. The van der Waals surface area contributed by atoms with Crippen LogP contribution in [-0.4, -0.2) is 76.5 Å². The van der Waals surface area contributed by atoms with E-state index < -0.39 is 0 Å². The molecule has 7 nitrogen and oxygen atoms in total. The van der Waals surface area contributed by atoms with Gasteiger partial charge >= 0.3 is 0 Å². The van der Waals surface area contributed by atoms with Crippen molar-refractivity contribution in [3.8, 4) is 11.4 Å². The van der Waals surface area contributed by atoms with Crippen molar-refractivity contribution in [3.05, 3.63) is 36.7 Å². The average molecular weight is 327 g/mol. The molecule has 1 aromatic carbocycles. The number of fused-ring (bicyclic) bond motifs is 1. The Balaban J connectivity index is 1.60. The average Bonchev–Trinajstić information content (AvgIpc) is 2.68. The topological polar surface area (TPSA) is 74.6 Å². The van der Waals surface area contributed by atoms with Crippen molar-refractivity contribution in [2.45, 2.75) is 5.54 Å². The van der Waals surface area contributed by atoms with E-state index in [2.05, 4.69) is 24.8 Å². The summed E-state index contributed by atoms with van der Waals surface area (Å²) >= 11 is 0. The standard InChI is InChI=1S/C17H21N5O2/c23-11-17-10-21(6-7-22(17)8-9-24-12-17)16-19-13-18-15(20-16)14-4-2-1-3-5-14/h1-5,13,23H,6-12H2. The largest absolute Gasteiger partial charge is 0.394 e. The molecule has 4 rings (SSSR count). The van der Waals surface area contributed by atoms with Gasteiger partial charge in [-0.3, -0.25) is 4.90 Å². The maximum atomic E-state index is 9.97. The lowest BCUT2D eigenvalue weighted by molar-refractivity contribution is -0.0952. The summed E-state index contributed by atoms with van der Waals surface area (Å²) in [4.78, 5) is 17.7. The zero-order valence-electron chi connectivity index (χ0n) is 13.5. The molecule has 0 aliphatic carbocycles. The highest BCUT2D eigenvalue weighted by molar-refractivity contribution is 5.55. The lowest BCUT2D eigenvalue weighted by Crippen LogP contribution is -2.69. The number of anilines is 1. The van der Waals surface area contributed by atoms with Crippen molar-refractivity contribution in [3.63, 3.8) is 0 Å². The number of piperazine rings is 1. The van der Waals surface area contributed by atoms with E-state index in [0.29, 0.717) is 24.9 Å². The molecule has 0 amide bonds. The highest BCUT2D eigenvalue weighted by atomic mass is 16.5. The fraction of sp³-hybridized carbons (Fsp3) is 0.471. The van der Waals surface area contributed by atoms with Crippen molar-refractivity contribution in [1.29, 1.82) is 0 Å². The van der Waals surface area contributed by atoms with Gasteiger partial charge in [0.2, 0.25) is 5.95 Å². The van der Waals surface area contributed by atoms with Crippen LogP contribution < -0.4 is 4.90 Å². The van der Waals surface area contributed by atoms with E-state index >= 15 is 0 Å². The van der Waals surface area contributed by atoms with E-state index in [-0.39, 0.29) is 12.1 Å². The van der Waals surface area contributed by atoms with Crippen LogP contribution >= 0.6 is 0 Å². The fourth-order valence-corrected chi connectivity index (χ4v) is 3.47. The molecule has 2 aliphatic rings. The molecule has 2 fully saturated rings. The molecule has 0 spiro atoms.